The molecule has 0 aliphatic heterocycles. The number of ether oxygens (including phenoxy) is 2. The number of amides is 2. The van der Waals surface area contributed by atoms with Crippen LogP contribution in [0.25, 0.3) is 0 Å². The Labute approximate surface area is 123 Å². The van der Waals surface area contributed by atoms with Crippen molar-refractivity contribution in [3.63, 3.8) is 0 Å². The van der Waals surface area contributed by atoms with E-state index in [0.29, 0.717) is 24.6 Å². The summed E-state index contributed by atoms with van der Waals surface area (Å²) in [6, 6.07) is 6.14. The van der Waals surface area contributed by atoms with Crippen molar-refractivity contribution in [2.45, 2.75) is 6.92 Å². The van der Waals surface area contributed by atoms with Gasteiger partial charge in [-0.1, -0.05) is 6.92 Å². The van der Waals surface area contributed by atoms with Gasteiger partial charge in [0, 0.05) is 19.3 Å². The first-order chi connectivity index (χ1) is 10.0. The Hall–Kier alpha value is -2.28. The Morgan fingerprint density at radius 3 is 2.52 bits per heavy atom. The number of benzene rings is 1. The fourth-order valence-corrected chi connectivity index (χ4v) is 1.57. The summed E-state index contributed by atoms with van der Waals surface area (Å²) >= 11 is 0. The number of hydrogen-bond donors (Lipinski definition) is 3. The molecular formula is C14H20N2O5. The molecule has 0 aliphatic rings. The fourth-order valence-electron chi connectivity index (χ4n) is 1.57. The molecule has 0 heterocycles. The zero-order chi connectivity index (χ0) is 15.7. The summed E-state index contributed by atoms with van der Waals surface area (Å²) < 4.78 is 9.97. The molecule has 1 unspecified atom stereocenters. The van der Waals surface area contributed by atoms with Gasteiger partial charge in [0.05, 0.1) is 6.61 Å². The molecule has 3 N–H and O–H groups in total. The number of methoxy groups -OCH3 is 1. The molecule has 1 atom stereocenters. The summed E-state index contributed by atoms with van der Waals surface area (Å²) in [6.07, 6.45) is 0. The Morgan fingerprint density at radius 1 is 1.29 bits per heavy atom. The average molecular weight is 296 g/mol. The third kappa shape index (κ3) is 7.17. The Kier molecular flexibility index (Phi) is 7.03. The maximum atomic E-state index is 11.6. The van der Waals surface area contributed by atoms with Crippen LogP contribution in [0.1, 0.15) is 6.92 Å². The van der Waals surface area contributed by atoms with Gasteiger partial charge in [-0.05, 0) is 30.2 Å². The zero-order valence-corrected chi connectivity index (χ0v) is 12.1. The molecular weight excluding hydrogens is 276 g/mol. The van der Waals surface area contributed by atoms with E-state index in [1.165, 1.54) is 0 Å². The average Bonchev–Trinajstić information content (AvgIpc) is 2.45. The molecule has 2 amide bonds. The number of carboxylic acids is 1. The number of hydrogen-bond acceptors (Lipinski definition) is 4. The lowest BCUT2D eigenvalue weighted by molar-refractivity contribution is -0.139. The van der Waals surface area contributed by atoms with Gasteiger partial charge in [0.1, 0.15) is 5.75 Å². The molecule has 0 aliphatic carbocycles. The normalized spacial score (nSPS) is 11.5. The minimum absolute atomic E-state index is 0.229. The van der Waals surface area contributed by atoms with Crippen LogP contribution in [0.3, 0.4) is 0 Å². The van der Waals surface area contributed by atoms with Gasteiger partial charge in [-0.3, -0.25) is 0 Å². The first kappa shape index (κ1) is 16.8. The van der Waals surface area contributed by atoms with Crippen LogP contribution < -0.4 is 15.4 Å². The molecule has 1 aromatic rings. The van der Waals surface area contributed by atoms with Gasteiger partial charge in [0.2, 0.25) is 0 Å². The van der Waals surface area contributed by atoms with Crippen LogP contribution in [0, 0.1) is 5.92 Å². The summed E-state index contributed by atoms with van der Waals surface area (Å²) in [6.45, 7) is 2.67. The van der Waals surface area contributed by atoms with Gasteiger partial charge in [-0.25, -0.2) is 9.59 Å². The van der Waals surface area contributed by atoms with E-state index in [1.807, 2.05) is 6.92 Å². The minimum Gasteiger partial charge on any atom is -0.482 e. The molecule has 0 aromatic heterocycles. The van der Waals surface area contributed by atoms with Crippen LogP contribution >= 0.6 is 0 Å². The molecule has 0 saturated heterocycles. The van der Waals surface area contributed by atoms with Gasteiger partial charge >= 0.3 is 12.0 Å². The molecule has 21 heavy (non-hydrogen) atoms. The highest BCUT2D eigenvalue weighted by molar-refractivity contribution is 5.89. The van der Waals surface area contributed by atoms with Gasteiger partial charge < -0.3 is 25.2 Å². The standard InChI is InChI=1S/C14H20N2O5/c1-10(8-20-2)7-15-14(19)16-11-3-5-12(6-4-11)21-9-13(17)18/h3-6,10H,7-9H2,1-2H3,(H,17,18)(H2,15,16,19). The summed E-state index contributed by atoms with van der Waals surface area (Å²) in [5, 5.41) is 13.9. The first-order valence-corrected chi connectivity index (χ1v) is 6.49. The molecule has 0 spiro atoms. The highest BCUT2D eigenvalue weighted by atomic mass is 16.5. The lowest BCUT2D eigenvalue weighted by Crippen LogP contribution is -2.33. The van der Waals surface area contributed by atoms with Crippen LogP contribution in [-0.4, -0.2) is 44.0 Å². The summed E-state index contributed by atoms with van der Waals surface area (Å²) in [4.78, 5) is 22.0. The van der Waals surface area contributed by atoms with Crippen molar-refractivity contribution in [3.8, 4) is 5.75 Å². The number of rotatable bonds is 8. The monoisotopic (exact) mass is 296 g/mol. The highest BCUT2D eigenvalue weighted by Crippen LogP contribution is 2.15. The second-order valence-corrected chi connectivity index (χ2v) is 4.60. The number of carbonyl (C=O) groups is 2. The maximum Gasteiger partial charge on any atom is 0.341 e. The van der Waals surface area contributed by atoms with Crippen molar-refractivity contribution in [1.29, 1.82) is 0 Å². The Bertz CT molecular complexity index is 461. The van der Waals surface area contributed by atoms with Crippen molar-refractivity contribution < 1.29 is 24.2 Å². The number of urea groups is 1. The quantitative estimate of drug-likeness (QED) is 0.676. The van der Waals surface area contributed by atoms with E-state index >= 15 is 0 Å². The van der Waals surface area contributed by atoms with Crippen molar-refractivity contribution in [2.24, 2.45) is 5.92 Å². The predicted octanol–water partition coefficient (Wildman–Crippen LogP) is 1.55. The molecule has 0 fully saturated rings. The number of nitrogens with one attached hydrogen (secondary N) is 2. The van der Waals surface area contributed by atoms with Crippen molar-refractivity contribution >= 4 is 17.7 Å². The van der Waals surface area contributed by atoms with Gasteiger partial charge in [-0.15, -0.1) is 0 Å². The van der Waals surface area contributed by atoms with Crippen LogP contribution in [0.5, 0.6) is 5.75 Å². The van der Waals surface area contributed by atoms with E-state index in [0.717, 1.165) is 0 Å². The van der Waals surface area contributed by atoms with Gasteiger partial charge in [-0.2, -0.15) is 0 Å². The predicted molar refractivity (Wildman–Crippen MR) is 77.6 cm³/mol. The van der Waals surface area contributed by atoms with Gasteiger partial charge in [0.15, 0.2) is 6.61 Å². The van der Waals surface area contributed by atoms with Crippen molar-refractivity contribution in [3.05, 3.63) is 24.3 Å². The summed E-state index contributed by atoms with van der Waals surface area (Å²) in [7, 11) is 1.62. The first-order valence-electron chi connectivity index (χ1n) is 6.49. The minimum atomic E-state index is -1.04. The largest absolute Gasteiger partial charge is 0.482 e. The van der Waals surface area contributed by atoms with E-state index in [9.17, 15) is 9.59 Å². The van der Waals surface area contributed by atoms with E-state index < -0.39 is 12.6 Å². The smallest absolute Gasteiger partial charge is 0.341 e. The zero-order valence-electron chi connectivity index (χ0n) is 12.1. The molecule has 0 bridgehead atoms. The van der Waals surface area contributed by atoms with Crippen molar-refractivity contribution in [1.82, 2.24) is 5.32 Å². The van der Waals surface area contributed by atoms with Crippen LogP contribution in [-0.2, 0) is 9.53 Å². The third-order valence-corrected chi connectivity index (χ3v) is 2.54. The van der Waals surface area contributed by atoms with E-state index in [2.05, 4.69) is 10.6 Å². The van der Waals surface area contributed by atoms with Crippen molar-refractivity contribution in [2.75, 3.05) is 32.2 Å². The number of anilines is 1. The summed E-state index contributed by atoms with van der Waals surface area (Å²) in [5.41, 5.74) is 0.592. The molecule has 0 radical (unpaired) electrons. The number of carbonyl (C=O) groups excluding carboxylic acids is 1. The molecule has 1 rings (SSSR count). The SMILES string of the molecule is COCC(C)CNC(=O)Nc1ccc(OCC(=O)O)cc1. The number of carboxylic acid groups (broad SMARTS) is 1. The summed E-state index contributed by atoms with van der Waals surface area (Å²) in [5.74, 6) is -0.383. The second-order valence-electron chi connectivity index (χ2n) is 4.60. The lowest BCUT2D eigenvalue weighted by atomic mass is 10.2. The number of aliphatic carboxylic acids is 1. The van der Waals surface area contributed by atoms with E-state index in [-0.39, 0.29) is 11.9 Å². The van der Waals surface area contributed by atoms with Crippen LogP contribution in [0.4, 0.5) is 10.5 Å². The Balaban J connectivity index is 2.37. The van der Waals surface area contributed by atoms with Crippen LogP contribution in [0.15, 0.2) is 24.3 Å². The van der Waals surface area contributed by atoms with Crippen LogP contribution in [0.2, 0.25) is 0 Å². The molecule has 7 heteroatoms. The fraction of sp³-hybridized carbons (Fsp3) is 0.429. The second kappa shape index (κ2) is 8.80. The topological polar surface area (TPSA) is 96.9 Å². The Morgan fingerprint density at radius 2 is 1.95 bits per heavy atom. The lowest BCUT2D eigenvalue weighted by Gasteiger charge is -2.12. The highest BCUT2D eigenvalue weighted by Gasteiger charge is 2.06. The van der Waals surface area contributed by atoms with E-state index in [1.54, 1.807) is 31.4 Å². The van der Waals surface area contributed by atoms with Gasteiger partial charge in [0.25, 0.3) is 0 Å². The molecule has 7 nitrogen and oxygen atoms in total. The van der Waals surface area contributed by atoms with E-state index in [4.69, 9.17) is 14.6 Å². The maximum absolute atomic E-state index is 11.6. The molecule has 0 saturated carbocycles. The molecule has 1 aromatic carbocycles. The molecule has 116 valence electrons. The third-order valence-electron chi connectivity index (χ3n) is 2.54.